The Morgan fingerprint density at radius 3 is 2.41 bits per heavy atom. The lowest BCUT2D eigenvalue weighted by Gasteiger charge is -2.16. The zero-order valence-electron chi connectivity index (χ0n) is 14.6. The predicted octanol–water partition coefficient (Wildman–Crippen LogP) is 6.12. The van der Waals surface area contributed by atoms with Crippen LogP contribution >= 0.6 is 11.8 Å². The van der Waals surface area contributed by atoms with Gasteiger partial charge in [-0.2, -0.15) is 13.2 Å². The van der Waals surface area contributed by atoms with Gasteiger partial charge in [-0.3, -0.25) is 4.79 Å². The lowest BCUT2D eigenvalue weighted by Crippen LogP contribution is -2.24. The van der Waals surface area contributed by atoms with Crippen molar-refractivity contribution < 1.29 is 18.0 Å². The van der Waals surface area contributed by atoms with Crippen molar-refractivity contribution in [3.05, 3.63) is 77.9 Å². The molecule has 0 spiro atoms. The number of anilines is 1. The van der Waals surface area contributed by atoms with Gasteiger partial charge in [-0.15, -0.1) is 11.8 Å². The monoisotopic (exact) mass is 389 g/mol. The lowest BCUT2D eigenvalue weighted by atomic mass is 10.1. The average molecular weight is 389 g/mol. The summed E-state index contributed by atoms with van der Waals surface area (Å²) in [5.74, 6) is 0.151. The van der Waals surface area contributed by atoms with Crippen LogP contribution in [0.1, 0.15) is 18.1 Å². The van der Waals surface area contributed by atoms with Crippen LogP contribution in [0.25, 0.3) is 10.8 Å². The van der Waals surface area contributed by atoms with Crippen LogP contribution in [0.3, 0.4) is 0 Å². The molecule has 1 unspecified atom stereocenters. The van der Waals surface area contributed by atoms with Gasteiger partial charge in [0.15, 0.2) is 0 Å². The number of benzene rings is 3. The highest BCUT2D eigenvalue weighted by molar-refractivity contribution is 7.99. The zero-order valence-corrected chi connectivity index (χ0v) is 15.4. The molecule has 3 rings (SSSR count). The summed E-state index contributed by atoms with van der Waals surface area (Å²) in [4.78, 5) is 12.3. The van der Waals surface area contributed by atoms with Gasteiger partial charge in [0.1, 0.15) is 0 Å². The van der Waals surface area contributed by atoms with Gasteiger partial charge in [0.2, 0.25) is 5.91 Å². The molecule has 27 heavy (non-hydrogen) atoms. The molecule has 1 atom stereocenters. The van der Waals surface area contributed by atoms with Gasteiger partial charge in [0, 0.05) is 5.75 Å². The number of alkyl halides is 3. The number of thioether (sulfide) groups is 1. The SMILES string of the molecule is CC(SCc1ccc2ccccc2c1)C(=O)Nc1ccccc1C(F)(F)F. The largest absolute Gasteiger partial charge is 0.418 e. The van der Waals surface area contributed by atoms with Gasteiger partial charge in [0.05, 0.1) is 16.5 Å². The number of nitrogens with one attached hydrogen (secondary N) is 1. The van der Waals surface area contributed by atoms with Crippen molar-refractivity contribution in [1.29, 1.82) is 0 Å². The molecule has 0 heterocycles. The fraction of sp³-hybridized carbons (Fsp3) is 0.190. The molecule has 0 saturated carbocycles. The molecule has 0 aliphatic rings. The molecule has 0 aliphatic heterocycles. The number of amides is 1. The Morgan fingerprint density at radius 2 is 1.67 bits per heavy atom. The van der Waals surface area contributed by atoms with E-state index in [1.807, 2.05) is 36.4 Å². The van der Waals surface area contributed by atoms with Crippen LogP contribution in [0.4, 0.5) is 18.9 Å². The maximum absolute atomic E-state index is 13.0. The Labute approximate surface area is 159 Å². The van der Waals surface area contributed by atoms with E-state index in [1.54, 1.807) is 6.92 Å². The Kier molecular flexibility index (Phi) is 5.75. The first kappa shape index (κ1) is 19.3. The van der Waals surface area contributed by atoms with Gasteiger partial charge in [0.25, 0.3) is 0 Å². The van der Waals surface area contributed by atoms with E-state index < -0.39 is 22.9 Å². The van der Waals surface area contributed by atoms with Crippen molar-refractivity contribution in [1.82, 2.24) is 0 Å². The molecule has 0 bridgehead atoms. The van der Waals surface area contributed by atoms with E-state index in [0.717, 1.165) is 22.4 Å². The third-order valence-electron chi connectivity index (χ3n) is 4.17. The van der Waals surface area contributed by atoms with Crippen molar-refractivity contribution in [2.24, 2.45) is 0 Å². The minimum Gasteiger partial charge on any atom is -0.325 e. The van der Waals surface area contributed by atoms with Crippen molar-refractivity contribution in [3.8, 4) is 0 Å². The number of carbonyl (C=O) groups excluding carboxylic acids is 1. The highest BCUT2D eigenvalue weighted by atomic mass is 32.2. The lowest BCUT2D eigenvalue weighted by molar-refractivity contribution is -0.137. The Morgan fingerprint density at radius 1 is 1.00 bits per heavy atom. The Hall–Kier alpha value is -2.47. The molecular formula is C21H18F3NOS. The van der Waals surface area contributed by atoms with Crippen LogP contribution in [-0.2, 0) is 16.7 Å². The molecule has 140 valence electrons. The molecule has 0 aromatic heterocycles. The number of carbonyl (C=O) groups is 1. The van der Waals surface area contributed by atoms with Gasteiger partial charge in [-0.05, 0) is 35.4 Å². The smallest absolute Gasteiger partial charge is 0.325 e. The summed E-state index contributed by atoms with van der Waals surface area (Å²) >= 11 is 1.39. The molecule has 1 amide bonds. The van der Waals surface area contributed by atoms with E-state index in [9.17, 15) is 18.0 Å². The number of fused-ring (bicyclic) bond motifs is 1. The predicted molar refractivity (Wildman–Crippen MR) is 105 cm³/mol. The van der Waals surface area contributed by atoms with E-state index >= 15 is 0 Å². The van der Waals surface area contributed by atoms with Gasteiger partial charge in [-0.1, -0.05) is 54.6 Å². The molecule has 2 nitrogen and oxygen atoms in total. The van der Waals surface area contributed by atoms with E-state index in [1.165, 1.54) is 30.0 Å². The number of halogens is 3. The maximum atomic E-state index is 13.0. The van der Waals surface area contributed by atoms with Gasteiger partial charge in [-0.25, -0.2) is 0 Å². The topological polar surface area (TPSA) is 29.1 Å². The second-order valence-corrected chi connectivity index (χ2v) is 7.50. The van der Waals surface area contributed by atoms with Crippen molar-refractivity contribution in [2.45, 2.75) is 24.1 Å². The molecule has 0 fully saturated rings. The van der Waals surface area contributed by atoms with E-state index in [2.05, 4.69) is 11.4 Å². The minimum atomic E-state index is -4.51. The second-order valence-electron chi connectivity index (χ2n) is 6.17. The highest BCUT2D eigenvalue weighted by Crippen LogP contribution is 2.35. The molecule has 3 aromatic rings. The van der Waals surface area contributed by atoms with Crippen LogP contribution in [0, 0.1) is 0 Å². The third kappa shape index (κ3) is 4.83. The molecule has 6 heteroatoms. The van der Waals surface area contributed by atoms with Gasteiger partial charge < -0.3 is 5.32 Å². The first-order chi connectivity index (χ1) is 12.8. The van der Waals surface area contributed by atoms with Crippen molar-refractivity contribution in [3.63, 3.8) is 0 Å². The highest BCUT2D eigenvalue weighted by Gasteiger charge is 2.33. The first-order valence-corrected chi connectivity index (χ1v) is 9.46. The van der Waals surface area contributed by atoms with Crippen LogP contribution in [0.15, 0.2) is 66.7 Å². The number of hydrogen-bond donors (Lipinski definition) is 1. The van der Waals surface area contributed by atoms with Crippen LogP contribution in [-0.4, -0.2) is 11.2 Å². The summed E-state index contributed by atoms with van der Waals surface area (Å²) in [5, 5.41) is 4.17. The third-order valence-corrected chi connectivity index (χ3v) is 5.39. The fourth-order valence-corrected chi connectivity index (χ4v) is 3.53. The Bertz CT molecular complexity index is 955. The Balaban J connectivity index is 1.64. The fourth-order valence-electron chi connectivity index (χ4n) is 2.70. The average Bonchev–Trinajstić information content (AvgIpc) is 2.65. The van der Waals surface area contributed by atoms with Crippen molar-refractivity contribution in [2.75, 3.05) is 5.32 Å². The molecule has 0 saturated heterocycles. The summed E-state index contributed by atoms with van der Waals surface area (Å²) in [6, 6.07) is 19.1. The van der Waals surface area contributed by atoms with Crippen molar-refractivity contribution >= 4 is 34.1 Å². The molecule has 0 aliphatic carbocycles. The molecule has 3 aromatic carbocycles. The number of rotatable bonds is 5. The molecular weight excluding hydrogens is 371 g/mol. The van der Waals surface area contributed by atoms with Crippen LogP contribution < -0.4 is 5.32 Å². The standard InChI is InChI=1S/C21H18F3NOS/c1-14(20(26)25-19-9-5-4-8-18(19)21(22,23)24)27-13-15-10-11-16-6-2-3-7-17(16)12-15/h2-12,14H,13H2,1H3,(H,25,26). The van der Waals surface area contributed by atoms with Crippen LogP contribution in [0.5, 0.6) is 0 Å². The quantitative estimate of drug-likeness (QED) is 0.570. The number of hydrogen-bond acceptors (Lipinski definition) is 2. The molecule has 1 N–H and O–H groups in total. The summed E-state index contributed by atoms with van der Waals surface area (Å²) in [6.07, 6.45) is -4.51. The zero-order chi connectivity index (χ0) is 19.4. The summed E-state index contributed by atoms with van der Waals surface area (Å²) in [7, 11) is 0. The normalized spacial score (nSPS) is 12.7. The maximum Gasteiger partial charge on any atom is 0.418 e. The minimum absolute atomic E-state index is 0.215. The van der Waals surface area contributed by atoms with E-state index in [4.69, 9.17) is 0 Å². The summed E-state index contributed by atoms with van der Waals surface area (Å²) in [6.45, 7) is 1.69. The number of para-hydroxylation sites is 1. The summed E-state index contributed by atoms with van der Waals surface area (Å²) < 4.78 is 39.1. The second kappa shape index (κ2) is 8.05. The van der Waals surface area contributed by atoms with E-state index in [0.29, 0.717) is 5.75 Å². The first-order valence-electron chi connectivity index (χ1n) is 8.41. The summed E-state index contributed by atoms with van der Waals surface area (Å²) in [5.41, 5.74) is 0.00674. The van der Waals surface area contributed by atoms with Crippen LogP contribution in [0.2, 0.25) is 0 Å². The molecule has 0 radical (unpaired) electrons. The van der Waals surface area contributed by atoms with E-state index in [-0.39, 0.29) is 5.69 Å². The van der Waals surface area contributed by atoms with Gasteiger partial charge >= 0.3 is 6.18 Å².